The Morgan fingerprint density at radius 3 is 2.85 bits per heavy atom. The number of hydrogen-bond acceptors (Lipinski definition) is 4. The fraction of sp³-hybridized carbons (Fsp3) is 0.154. The minimum atomic E-state index is -0.408. The van der Waals surface area contributed by atoms with E-state index in [2.05, 4.69) is 15.2 Å². The molecular weight excluding hydrogens is 278 g/mol. The lowest BCUT2D eigenvalue weighted by molar-refractivity contribution is 0.688. The van der Waals surface area contributed by atoms with Crippen molar-refractivity contribution in [1.82, 2.24) is 19.7 Å². The lowest BCUT2D eigenvalue weighted by Crippen LogP contribution is -2.27. The molecule has 0 aliphatic heterocycles. The molecule has 2 aromatic heterocycles. The van der Waals surface area contributed by atoms with E-state index in [0.29, 0.717) is 27.6 Å². The Kier molecular flexibility index (Phi) is 3.04. The zero-order valence-corrected chi connectivity index (χ0v) is 11.4. The van der Waals surface area contributed by atoms with Gasteiger partial charge in [0.05, 0.1) is 23.1 Å². The van der Waals surface area contributed by atoms with Crippen LogP contribution < -0.4 is 11.3 Å². The molecule has 102 valence electrons. The molecule has 3 N–H and O–H groups in total. The number of aromatic nitrogens is 4. The quantitative estimate of drug-likeness (QED) is 0.752. The molecule has 1 unspecified atom stereocenters. The molecule has 0 amide bonds. The van der Waals surface area contributed by atoms with E-state index in [1.165, 1.54) is 4.57 Å². The van der Waals surface area contributed by atoms with Crippen molar-refractivity contribution in [2.75, 3.05) is 0 Å². The number of aromatic amines is 1. The molecule has 3 aromatic rings. The molecule has 1 atom stereocenters. The standard InChI is InChI=1S/C13H12ClN5O/c1-7(15)12-17-10-6-8(14)2-3-9(10)13(20)19(12)11-4-5-16-18-11/h2-7H,15H2,1H3,(H,16,18). The maximum absolute atomic E-state index is 12.6. The smallest absolute Gasteiger partial charge is 0.267 e. The molecule has 3 rings (SSSR count). The van der Waals surface area contributed by atoms with Gasteiger partial charge in [-0.05, 0) is 25.1 Å². The highest BCUT2D eigenvalue weighted by Gasteiger charge is 2.16. The average Bonchev–Trinajstić information content (AvgIpc) is 2.91. The van der Waals surface area contributed by atoms with Crippen LogP contribution in [0.1, 0.15) is 18.8 Å². The van der Waals surface area contributed by atoms with Crippen LogP contribution in [-0.2, 0) is 0 Å². The molecule has 0 saturated carbocycles. The number of nitrogens with zero attached hydrogens (tertiary/aromatic N) is 3. The summed E-state index contributed by atoms with van der Waals surface area (Å²) in [6, 6.07) is 6.26. The second-order valence-electron chi connectivity index (χ2n) is 4.50. The number of rotatable bonds is 2. The van der Waals surface area contributed by atoms with Crippen molar-refractivity contribution in [2.24, 2.45) is 5.73 Å². The van der Waals surface area contributed by atoms with E-state index >= 15 is 0 Å². The third kappa shape index (κ3) is 1.99. The average molecular weight is 290 g/mol. The largest absolute Gasteiger partial charge is 0.322 e. The lowest BCUT2D eigenvalue weighted by Gasteiger charge is -2.14. The van der Waals surface area contributed by atoms with Gasteiger partial charge in [0.15, 0.2) is 0 Å². The van der Waals surface area contributed by atoms with Crippen LogP contribution in [0, 0.1) is 0 Å². The van der Waals surface area contributed by atoms with Crippen molar-refractivity contribution < 1.29 is 0 Å². The summed E-state index contributed by atoms with van der Waals surface area (Å²) in [6.07, 6.45) is 1.57. The van der Waals surface area contributed by atoms with Crippen molar-refractivity contribution >= 4 is 22.5 Å². The van der Waals surface area contributed by atoms with Crippen LogP contribution in [0.3, 0.4) is 0 Å². The van der Waals surface area contributed by atoms with Crippen LogP contribution in [0.25, 0.3) is 16.7 Å². The first-order valence-corrected chi connectivity index (χ1v) is 6.43. The summed E-state index contributed by atoms with van der Waals surface area (Å²) in [5.41, 5.74) is 6.26. The minimum absolute atomic E-state index is 0.205. The van der Waals surface area contributed by atoms with Crippen molar-refractivity contribution in [3.8, 4) is 5.82 Å². The van der Waals surface area contributed by atoms with Crippen molar-refractivity contribution in [3.05, 3.63) is 51.7 Å². The Hall–Kier alpha value is -2.18. The SMILES string of the molecule is CC(N)c1nc2cc(Cl)ccc2c(=O)n1-c1ccn[nH]1. The third-order valence-corrected chi connectivity index (χ3v) is 3.23. The summed E-state index contributed by atoms with van der Waals surface area (Å²) in [5.74, 6) is 0.987. The lowest BCUT2D eigenvalue weighted by atomic mass is 10.2. The molecule has 0 saturated heterocycles. The maximum Gasteiger partial charge on any atom is 0.267 e. The van der Waals surface area contributed by atoms with Crippen LogP contribution >= 0.6 is 11.6 Å². The molecule has 0 spiro atoms. The first-order valence-electron chi connectivity index (χ1n) is 6.05. The van der Waals surface area contributed by atoms with E-state index in [9.17, 15) is 4.79 Å². The van der Waals surface area contributed by atoms with Crippen molar-refractivity contribution in [1.29, 1.82) is 0 Å². The van der Waals surface area contributed by atoms with Gasteiger partial charge >= 0.3 is 0 Å². The Bertz CT molecular complexity index is 823. The van der Waals surface area contributed by atoms with Crippen molar-refractivity contribution in [3.63, 3.8) is 0 Å². The summed E-state index contributed by atoms with van der Waals surface area (Å²) >= 11 is 5.95. The zero-order chi connectivity index (χ0) is 14.3. The summed E-state index contributed by atoms with van der Waals surface area (Å²) in [4.78, 5) is 17.1. The second kappa shape index (κ2) is 4.73. The topological polar surface area (TPSA) is 89.6 Å². The predicted octanol–water partition coefficient (Wildman–Crippen LogP) is 1.78. The fourth-order valence-corrected chi connectivity index (χ4v) is 2.25. The number of fused-ring (bicyclic) bond motifs is 1. The Balaban J connectivity index is 2.44. The molecule has 0 aliphatic carbocycles. The van der Waals surface area contributed by atoms with Gasteiger partial charge in [-0.15, -0.1) is 0 Å². The number of hydrogen-bond donors (Lipinski definition) is 2. The first kappa shape index (κ1) is 12.8. The van der Waals surface area contributed by atoms with E-state index in [0.717, 1.165) is 0 Å². The number of nitrogens with one attached hydrogen (secondary N) is 1. The monoisotopic (exact) mass is 289 g/mol. The van der Waals surface area contributed by atoms with Gasteiger partial charge in [0.1, 0.15) is 11.6 Å². The first-order chi connectivity index (χ1) is 9.58. The molecular formula is C13H12ClN5O. The van der Waals surface area contributed by atoms with Crippen LogP contribution in [0.2, 0.25) is 5.02 Å². The third-order valence-electron chi connectivity index (χ3n) is 2.99. The van der Waals surface area contributed by atoms with Crippen LogP contribution in [-0.4, -0.2) is 19.7 Å². The Morgan fingerprint density at radius 2 is 2.20 bits per heavy atom. The summed E-state index contributed by atoms with van der Waals surface area (Å²) in [6.45, 7) is 1.77. The number of benzene rings is 1. The van der Waals surface area contributed by atoms with E-state index in [-0.39, 0.29) is 5.56 Å². The summed E-state index contributed by atoms with van der Waals surface area (Å²) < 4.78 is 1.44. The molecule has 0 bridgehead atoms. The van der Waals surface area contributed by atoms with Gasteiger partial charge in [-0.25, -0.2) is 9.55 Å². The zero-order valence-electron chi connectivity index (χ0n) is 10.7. The molecule has 6 nitrogen and oxygen atoms in total. The molecule has 20 heavy (non-hydrogen) atoms. The highest BCUT2D eigenvalue weighted by atomic mass is 35.5. The van der Waals surface area contributed by atoms with E-state index < -0.39 is 6.04 Å². The Morgan fingerprint density at radius 1 is 1.40 bits per heavy atom. The van der Waals surface area contributed by atoms with E-state index in [1.54, 1.807) is 37.4 Å². The Labute approximate surface area is 119 Å². The molecule has 7 heteroatoms. The van der Waals surface area contributed by atoms with Gasteiger partial charge in [0.2, 0.25) is 0 Å². The van der Waals surface area contributed by atoms with Crippen LogP contribution in [0.4, 0.5) is 0 Å². The van der Waals surface area contributed by atoms with Crippen LogP contribution in [0.5, 0.6) is 0 Å². The highest BCUT2D eigenvalue weighted by molar-refractivity contribution is 6.31. The highest BCUT2D eigenvalue weighted by Crippen LogP contribution is 2.18. The fourth-order valence-electron chi connectivity index (χ4n) is 2.09. The maximum atomic E-state index is 12.6. The molecule has 1 aromatic carbocycles. The molecule has 0 radical (unpaired) electrons. The normalized spacial score (nSPS) is 12.8. The number of H-pyrrole nitrogens is 1. The minimum Gasteiger partial charge on any atom is -0.322 e. The van der Waals surface area contributed by atoms with Gasteiger partial charge in [-0.3, -0.25) is 9.89 Å². The van der Waals surface area contributed by atoms with Gasteiger partial charge in [-0.2, -0.15) is 5.10 Å². The molecule has 0 fully saturated rings. The van der Waals surface area contributed by atoms with Gasteiger partial charge in [0, 0.05) is 11.1 Å². The second-order valence-corrected chi connectivity index (χ2v) is 4.94. The summed E-state index contributed by atoms with van der Waals surface area (Å²) in [5, 5.41) is 7.62. The number of halogens is 1. The molecule has 2 heterocycles. The number of nitrogens with two attached hydrogens (primary N) is 1. The summed E-state index contributed by atoms with van der Waals surface area (Å²) in [7, 11) is 0. The molecule has 0 aliphatic rings. The van der Waals surface area contributed by atoms with Gasteiger partial charge in [0.25, 0.3) is 5.56 Å². The van der Waals surface area contributed by atoms with E-state index in [4.69, 9.17) is 17.3 Å². The van der Waals surface area contributed by atoms with Crippen molar-refractivity contribution in [2.45, 2.75) is 13.0 Å². The van der Waals surface area contributed by atoms with Crippen LogP contribution in [0.15, 0.2) is 35.3 Å². The van der Waals surface area contributed by atoms with Gasteiger partial charge in [-0.1, -0.05) is 11.6 Å². The van der Waals surface area contributed by atoms with Gasteiger partial charge < -0.3 is 5.73 Å². The van der Waals surface area contributed by atoms with E-state index in [1.807, 2.05) is 0 Å². The predicted molar refractivity (Wildman–Crippen MR) is 77.1 cm³/mol.